The molecule has 0 aromatic heterocycles. The Bertz CT molecular complexity index is 683. The van der Waals surface area contributed by atoms with E-state index in [0.29, 0.717) is 24.4 Å². The van der Waals surface area contributed by atoms with Gasteiger partial charge in [0.1, 0.15) is 0 Å². The minimum Gasteiger partial charge on any atom is -0.463 e. The summed E-state index contributed by atoms with van der Waals surface area (Å²) in [6.45, 7) is 2.80. The summed E-state index contributed by atoms with van der Waals surface area (Å²) >= 11 is 0. The number of ether oxygens (including phenoxy) is 2. The molecule has 0 aromatic rings. The quantitative estimate of drug-likeness (QED) is 0.185. The van der Waals surface area contributed by atoms with Crippen LogP contribution >= 0.6 is 8.86 Å². The van der Waals surface area contributed by atoms with Gasteiger partial charge >= 0.3 is 6.02 Å². The van der Waals surface area contributed by atoms with Gasteiger partial charge in [-0.25, -0.2) is 0 Å². The van der Waals surface area contributed by atoms with Crippen LogP contribution in [0.4, 0.5) is 0 Å². The summed E-state index contributed by atoms with van der Waals surface area (Å²) in [5.41, 5.74) is 6.85. The molecule has 4 aliphatic carbocycles. The molecule has 28 heavy (non-hydrogen) atoms. The van der Waals surface area contributed by atoms with Crippen LogP contribution in [0.5, 0.6) is 0 Å². The maximum atomic E-state index is 6.85. The van der Waals surface area contributed by atoms with Crippen molar-refractivity contribution in [3.05, 3.63) is 0 Å². The van der Waals surface area contributed by atoms with Crippen LogP contribution in [-0.4, -0.2) is 30.1 Å². The van der Waals surface area contributed by atoms with Gasteiger partial charge in [0.25, 0.3) is 0 Å². The second-order valence-electron chi connectivity index (χ2n) is 9.26. The first-order valence-corrected chi connectivity index (χ1v) is 11.1. The van der Waals surface area contributed by atoms with E-state index in [9.17, 15) is 0 Å². The first-order chi connectivity index (χ1) is 13.6. The Morgan fingerprint density at radius 2 is 2.04 bits per heavy atom. The van der Waals surface area contributed by atoms with Crippen LogP contribution in [0, 0.1) is 41.0 Å². The van der Waals surface area contributed by atoms with E-state index in [2.05, 4.69) is 31.4 Å². The molecule has 2 N–H and O–H groups in total. The van der Waals surface area contributed by atoms with Gasteiger partial charge in [0.15, 0.2) is 0 Å². The monoisotopic (exact) mass is 408 g/mol. The van der Waals surface area contributed by atoms with Gasteiger partial charge in [-0.3, -0.25) is 0 Å². The number of fused-ring (bicyclic) bond motifs is 1. The topological polar surface area (TPSA) is 97.5 Å². The number of amidine groups is 1. The van der Waals surface area contributed by atoms with Crippen molar-refractivity contribution in [2.45, 2.75) is 63.4 Å². The highest BCUT2D eigenvalue weighted by molar-refractivity contribution is 7.18. The highest BCUT2D eigenvalue weighted by atomic mass is 31.0. The molecule has 6 atom stereocenters. The van der Waals surface area contributed by atoms with Crippen molar-refractivity contribution in [2.24, 2.45) is 45.8 Å². The number of nitrogens with zero attached hydrogens (tertiary/aromatic N) is 2. The molecule has 1 saturated heterocycles. The summed E-state index contributed by atoms with van der Waals surface area (Å²) in [6.07, 6.45) is 7.36. The van der Waals surface area contributed by atoms with Gasteiger partial charge in [0, 0.05) is 30.6 Å². The van der Waals surface area contributed by atoms with Crippen molar-refractivity contribution in [1.29, 1.82) is 5.53 Å². The minimum absolute atomic E-state index is 0.214. The average Bonchev–Trinajstić information content (AvgIpc) is 3.03. The summed E-state index contributed by atoms with van der Waals surface area (Å²) < 4.78 is 12.4. The Kier molecular flexibility index (Phi) is 4.74. The molecule has 0 aromatic carbocycles. The van der Waals surface area contributed by atoms with E-state index in [4.69, 9.17) is 24.8 Å². The van der Waals surface area contributed by atoms with Crippen LogP contribution in [0.1, 0.15) is 51.9 Å². The molecule has 6 unspecified atom stereocenters. The molecule has 0 radical (unpaired) electrons. The number of rotatable bonds is 4. The second-order valence-corrected chi connectivity index (χ2v) is 9.55. The maximum absolute atomic E-state index is 6.85. The molecule has 2 spiro atoms. The van der Waals surface area contributed by atoms with E-state index in [1.165, 1.54) is 25.2 Å². The lowest BCUT2D eigenvalue weighted by Gasteiger charge is -2.67. The van der Waals surface area contributed by atoms with Gasteiger partial charge < -0.3 is 14.8 Å². The van der Waals surface area contributed by atoms with Crippen molar-refractivity contribution in [3.8, 4) is 0 Å². The molecular formula is C19H29N4O4P. The summed E-state index contributed by atoms with van der Waals surface area (Å²) in [4.78, 5) is 12.0. The smallest absolute Gasteiger partial charge is 0.314 e. The number of hydrogen-bond donors (Lipinski definition) is 2. The van der Waals surface area contributed by atoms with Crippen LogP contribution in [0.15, 0.2) is 10.3 Å². The van der Waals surface area contributed by atoms with Crippen LogP contribution in [0.2, 0.25) is 0 Å². The lowest BCUT2D eigenvalue weighted by molar-refractivity contribution is -0.404. The van der Waals surface area contributed by atoms with E-state index in [1.807, 2.05) is 0 Å². The van der Waals surface area contributed by atoms with E-state index in [-0.39, 0.29) is 6.02 Å². The van der Waals surface area contributed by atoms with Crippen LogP contribution in [0.25, 0.3) is 0 Å². The zero-order chi connectivity index (χ0) is 19.4. The molecule has 4 saturated carbocycles. The molecule has 0 amide bonds. The zero-order valence-electron chi connectivity index (χ0n) is 16.2. The Hall–Kier alpha value is -1.08. The molecule has 5 aliphatic rings. The van der Waals surface area contributed by atoms with Crippen molar-refractivity contribution < 1.29 is 19.2 Å². The third-order valence-corrected chi connectivity index (χ3v) is 8.05. The van der Waals surface area contributed by atoms with Gasteiger partial charge in [-0.05, 0) is 61.0 Å². The number of hydrogen-bond acceptors (Lipinski definition) is 6. The predicted molar refractivity (Wildman–Crippen MR) is 104 cm³/mol. The first kappa shape index (κ1) is 18.9. The fraction of sp³-hybridized carbons (Fsp3) is 0.895. The average molecular weight is 408 g/mol. The Labute approximate surface area is 167 Å². The molecule has 9 heteroatoms. The van der Waals surface area contributed by atoms with Crippen molar-refractivity contribution in [1.82, 2.24) is 5.32 Å². The predicted octanol–water partition coefficient (Wildman–Crippen LogP) is 3.67. The van der Waals surface area contributed by atoms with Crippen molar-refractivity contribution >= 4 is 20.8 Å². The van der Waals surface area contributed by atoms with Crippen LogP contribution in [-0.2, 0) is 19.2 Å². The highest BCUT2D eigenvalue weighted by Gasteiger charge is 2.71. The van der Waals surface area contributed by atoms with Crippen LogP contribution < -0.4 is 5.32 Å². The first-order valence-electron chi connectivity index (χ1n) is 10.5. The van der Waals surface area contributed by atoms with Gasteiger partial charge in [0.2, 0.25) is 11.6 Å². The van der Waals surface area contributed by atoms with E-state index in [1.54, 1.807) is 0 Å². The molecule has 8 nitrogen and oxygen atoms in total. The standard InChI is InChI=1S/C19H29N4O4P/c1-11-6-13-7-14-8-15(16(13)14)19(11)25-18(26-27-19)4-2-12(3-5-18)9-24-17(21-10-28)22-23-20/h10-16,28H,2-9H2,1H3,(H2,20,21,22). The minimum atomic E-state index is -0.596. The fourth-order valence-corrected chi connectivity index (χ4v) is 6.54. The number of nitrogens with one attached hydrogen (secondary N) is 2. The molecule has 0 bridgehead atoms. The third kappa shape index (κ3) is 2.83. The molecule has 5 rings (SSSR count). The molecule has 1 heterocycles. The largest absolute Gasteiger partial charge is 0.463 e. The lowest BCUT2D eigenvalue weighted by atomic mass is 9.40. The Morgan fingerprint density at radius 3 is 2.75 bits per heavy atom. The molecular weight excluding hydrogens is 379 g/mol. The van der Waals surface area contributed by atoms with Gasteiger partial charge in [0.05, 0.1) is 6.61 Å². The summed E-state index contributed by atoms with van der Waals surface area (Å²) in [5.74, 6) is 4.28. The zero-order valence-corrected chi connectivity index (χ0v) is 17.2. The van der Waals surface area contributed by atoms with Gasteiger partial charge in [-0.1, -0.05) is 12.0 Å². The molecule has 5 fully saturated rings. The van der Waals surface area contributed by atoms with E-state index >= 15 is 0 Å². The SMILES string of the molecule is CC1CC2CC3CC(C23)C12OOC1(CCC(CO/C(=N/N=N)NC=P)CC1)O2. The maximum Gasteiger partial charge on any atom is 0.314 e. The van der Waals surface area contributed by atoms with E-state index < -0.39 is 11.6 Å². The summed E-state index contributed by atoms with van der Waals surface area (Å²) in [6, 6.07) is 0.214. The summed E-state index contributed by atoms with van der Waals surface area (Å²) in [5, 5.41) is 9.39. The van der Waals surface area contributed by atoms with Crippen molar-refractivity contribution in [3.63, 3.8) is 0 Å². The normalized spacial score (nSPS) is 49.1. The Morgan fingerprint density at radius 1 is 1.25 bits per heavy atom. The van der Waals surface area contributed by atoms with Crippen LogP contribution in [0.3, 0.4) is 0 Å². The van der Waals surface area contributed by atoms with Gasteiger partial charge in [-0.2, -0.15) is 15.3 Å². The van der Waals surface area contributed by atoms with Crippen molar-refractivity contribution in [2.75, 3.05) is 6.61 Å². The fourth-order valence-electron chi connectivity index (χ4n) is 6.42. The Balaban J connectivity index is 1.18. The lowest BCUT2D eigenvalue weighted by Crippen LogP contribution is -2.67. The van der Waals surface area contributed by atoms with E-state index in [0.717, 1.165) is 43.4 Å². The second kappa shape index (κ2) is 7.01. The molecule has 154 valence electrons. The molecule has 1 aliphatic heterocycles. The van der Waals surface area contributed by atoms with Gasteiger partial charge in [-0.15, -0.1) is 8.86 Å². The third-order valence-electron chi connectivity index (χ3n) is 7.90. The summed E-state index contributed by atoms with van der Waals surface area (Å²) in [7, 11) is 3.19. The highest BCUT2D eigenvalue weighted by Crippen LogP contribution is 2.70.